The number of hydrogen-bond acceptors (Lipinski definition) is 4. The summed E-state index contributed by atoms with van der Waals surface area (Å²) in [6.45, 7) is 0. The Hall–Kier alpha value is -2.18. The summed E-state index contributed by atoms with van der Waals surface area (Å²) in [7, 11) is 1.13. The first kappa shape index (κ1) is 10.9. The zero-order valence-corrected chi connectivity index (χ0v) is 7.69. The van der Waals surface area contributed by atoms with Crippen LogP contribution in [0.1, 0.15) is 10.4 Å². The second-order valence-electron chi connectivity index (χ2n) is 2.63. The Bertz CT molecular complexity index is 433. The molecule has 0 saturated carbocycles. The SMILES string of the molecule is COc1cc(C(N)=O)cc([N+](=O)[O-])c1F. The van der Waals surface area contributed by atoms with Crippen LogP contribution in [0.5, 0.6) is 5.75 Å². The monoisotopic (exact) mass is 214 g/mol. The van der Waals surface area contributed by atoms with Crippen molar-refractivity contribution in [1.29, 1.82) is 0 Å². The van der Waals surface area contributed by atoms with Crippen LogP contribution in [-0.2, 0) is 0 Å². The van der Waals surface area contributed by atoms with Crippen molar-refractivity contribution in [1.82, 2.24) is 0 Å². The fourth-order valence-electron chi connectivity index (χ4n) is 1.01. The number of carbonyl (C=O) groups excluding carboxylic acids is 1. The highest BCUT2D eigenvalue weighted by Crippen LogP contribution is 2.28. The number of methoxy groups -OCH3 is 1. The number of rotatable bonds is 3. The van der Waals surface area contributed by atoms with Gasteiger partial charge in [-0.25, -0.2) is 0 Å². The second kappa shape index (κ2) is 3.91. The van der Waals surface area contributed by atoms with Crippen LogP contribution in [0.15, 0.2) is 12.1 Å². The largest absolute Gasteiger partial charge is 0.493 e. The Morgan fingerprint density at radius 3 is 2.60 bits per heavy atom. The van der Waals surface area contributed by atoms with E-state index in [0.29, 0.717) is 0 Å². The van der Waals surface area contributed by atoms with Crippen molar-refractivity contribution in [3.05, 3.63) is 33.6 Å². The van der Waals surface area contributed by atoms with Gasteiger partial charge in [0.25, 0.3) is 0 Å². The molecule has 0 aliphatic heterocycles. The molecular formula is C8H7FN2O4. The number of hydrogen-bond donors (Lipinski definition) is 1. The van der Waals surface area contributed by atoms with E-state index in [4.69, 9.17) is 5.73 Å². The number of nitrogens with two attached hydrogens (primary N) is 1. The van der Waals surface area contributed by atoms with Gasteiger partial charge in [-0.05, 0) is 6.07 Å². The summed E-state index contributed by atoms with van der Waals surface area (Å²) in [5.41, 5.74) is 3.89. The molecule has 0 unspecified atom stereocenters. The van der Waals surface area contributed by atoms with E-state index in [1.807, 2.05) is 0 Å². The minimum atomic E-state index is -1.13. The summed E-state index contributed by atoms with van der Waals surface area (Å²) in [5, 5.41) is 10.4. The van der Waals surface area contributed by atoms with Crippen LogP contribution in [0, 0.1) is 15.9 Å². The van der Waals surface area contributed by atoms with Crippen molar-refractivity contribution in [3.8, 4) is 5.75 Å². The number of halogens is 1. The molecule has 2 N–H and O–H groups in total. The Morgan fingerprint density at radius 1 is 1.60 bits per heavy atom. The minimum Gasteiger partial charge on any atom is -0.493 e. The molecule has 1 amide bonds. The number of nitrogens with zero attached hydrogens (tertiary/aromatic N) is 1. The lowest BCUT2D eigenvalue weighted by Gasteiger charge is -2.03. The molecule has 0 aliphatic rings. The maximum absolute atomic E-state index is 13.2. The number of amides is 1. The highest BCUT2D eigenvalue weighted by molar-refractivity contribution is 5.94. The third-order valence-corrected chi connectivity index (χ3v) is 1.72. The lowest BCUT2D eigenvalue weighted by atomic mass is 10.1. The molecule has 0 saturated heterocycles. The summed E-state index contributed by atoms with van der Waals surface area (Å²) in [6, 6.07) is 1.77. The third-order valence-electron chi connectivity index (χ3n) is 1.72. The topological polar surface area (TPSA) is 95.5 Å². The van der Waals surface area contributed by atoms with E-state index >= 15 is 0 Å². The Kier molecular flexibility index (Phi) is 2.84. The van der Waals surface area contributed by atoms with E-state index in [-0.39, 0.29) is 5.56 Å². The highest BCUT2D eigenvalue weighted by atomic mass is 19.1. The Balaban J connectivity index is 3.45. The first-order valence-electron chi connectivity index (χ1n) is 3.79. The molecular weight excluding hydrogens is 207 g/mol. The van der Waals surface area contributed by atoms with Crippen molar-refractivity contribution in [3.63, 3.8) is 0 Å². The van der Waals surface area contributed by atoms with Crippen LogP contribution < -0.4 is 10.5 Å². The quantitative estimate of drug-likeness (QED) is 0.595. The summed E-state index contributed by atoms with van der Waals surface area (Å²) in [6.07, 6.45) is 0. The normalized spacial score (nSPS) is 9.73. The standard InChI is InChI=1S/C8H7FN2O4/c1-15-6-3-4(8(10)12)2-5(7(6)9)11(13)14/h2-3H,1H3,(H2,10,12). The second-order valence-corrected chi connectivity index (χ2v) is 2.63. The number of nitro benzene ring substituents is 1. The zero-order chi connectivity index (χ0) is 11.6. The lowest BCUT2D eigenvalue weighted by Crippen LogP contribution is -2.12. The van der Waals surface area contributed by atoms with Crippen LogP contribution >= 0.6 is 0 Å². The molecule has 6 nitrogen and oxygen atoms in total. The van der Waals surface area contributed by atoms with Crippen LogP contribution in [0.25, 0.3) is 0 Å². The molecule has 15 heavy (non-hydrogen) atoms. The van der Waals surface area contributed by atoms with Crippen LogP contribution in [0.2, 0.25) is 0 Å². The van der Waals surface area contributed by atoms with E-state index in [1.165, 1.54) is 0 Å². The molecule has 0 heterocycles. The van der Waals surface area contributed by atoms with Gasteiger partial charge in [0.05, 0.1) is 12.0 Å². The van der Waals surface area contributed by atoms with Gasteiger partial charge in [0.15, 0.2) is 5.75 Å². The molecule has 1 rings (SSSR count). The van der Waals surface area contributed by atoms with Crippen molar-refractivity contribution >= 4 is 11.6 Å². The molecule has 0 aliphatic carbocycles. The summed E-state index contributed by atoms with van der Waals surface area (Å²) >= 11 is 0. The Labute approximate surface area is 83.6 Å². The molecule has 0 atom stereocenters. The average molecular weight is 214 g/mol. The molecule has 0 spiro atoms. The number of carbonyl (C=O) groups is 1. The number of benzene rings is 1. The first-order valence-corrected chi connectivity index (χ1v) is 3.79. The van der Waals surface area contributed by atoms with Gasteiger partial charge in [-0.1, -0.05) is 0 Å². The zero-order valence-electron chi connectivity index (χ0n) is 7.69. The number of ether oxygens (including phenoxy) is 1. The fraction of sp³-hybridized carbons (Fsp3) is 0.125. The van der Waals surface area contributed by atoms with Gasteiger partial charge in [0, 0.05) is 11.6 Å². The minimum absolute atomic E-state index is 0.181. The molecule has 1 aromatic rings. The van der Waals surface area contributed by atoms with Crippen molar-refractivity contribution < 1.29 is 18.8 Å². The smallest absolute Gasteiger partial charge is 0.309 e. The maximum Gasteiger partial charge on any atom is 0.309 e. The first-order chi connectivity index (χ1) is 6.97. The third kappa shape index (κ3) is 2.01. The van der Waals surface area contributed by atoms with Crippen LogP contribution in [-0.4, -0.2) is 17.9 Å². The van der Waals surface area contributed by atoms with Gasteiger partial charge in [-0.15, -0.1) is 0 Å². The predicted molar refractivity (Wildman–Crippen MR) is 48.1 cm³/mol. The van der Waals surface area contributed by atoms with Crippen LogP contribution in [0.4, 0.5) is 10.1 Å². The predicted octanol–water partition coefficient (Wildman–Crippen LogP) is 0.841. The molecule has 0 aromatic heterocycles. The summed E-state index contributed by atoms with van der Waals surface area (Å²) in [5.74, 6) is -2.41. The van der Waals surface area contributed by atoms with Gasteiger partial charge in [-0.2, -0.15) is 4.39 Å². The van der Waals surface area contributed by atoms with Gasteiger partial charge in [-0.3, -0.25) is 14.9 Å². The lowest BCUT2D eigenvalue weighted by molar-refractivity contribution is -0.387. The highest BCUT2D eigenvalue weighted by Gasteiger charge is 2.21. The van der Waals surface area contributed by atoms with E-state index in [0.717, 1.165) is 19.2 Å². The number of primary amides is 1. The van der Waals surface area contributed by atoms with E-state index < -0.39 is 28.1 Å². The van der Waals surface area contributed by atoms with Crippen molar-refractivity contribution in [2.45, 2.75) is 0 Å². The summed E-state index contributed by atoms with van der Waals surface area (Å²) in [4.78, 5) is 20.2. The Morgan fingerprint density at radius 2 is 2.20 bits per heavy atom. The fourth-order valence-corrected chi connectivity index (χ4v) is 1.01. The molecule has 0 fully saturated rings. The van der Waals surface area contributed by atoms with E-state index in [9.17, 15) is 19.3 Å². The van der Waals surface area contributed by atoms with Gasteiger partial charge in [0.2, 0.25) is 11.7 Å². The van der Waals surface area contributed by atoms with Gasteiger partial charge >= 0.3 is 5.69 Å². The van der Waals surface area contributed by atoms with Gasteiger partial charge < -0.3 is 10.5 Å². The van der Waals surface area contributed by atoms with E-state index in [1.54, 1.807) is 0 Å². The summed E-state index contributed by atoms with van der Waals surface area (Å²) < 4.78 is 17.8. The van der Waals surface area contributed by atoms with Crippen LogP contribution in [0.3, 0.4) is 0 Å². The average Bonchev–Trinajstić information content (AvgIpc) is 2.17. The number of nitro groups is 1. The van der Waals surface area contributed by atoms with Gasteiger partial charge in [0.1, 0.15) is 0 Å². The van der Waals surface area contributed by atoms with Crippen molar-refractivity contribution in [2.75, 3.05) is 7.11 Å². The molecule has 1 aromatic carbocycles. The van der Waals surface area contributed by atoms with Crippen molar-refractivity contribution in [2.24, 2.45) is 5.73 Å². The maximum atomic E-state index is 13.2. The molecule has 0 radical (unpaired) electrons. The molecule has 80 valence electrons. The van der Waals surface area contributed by atoms with E-state index in [2.05, 4.69) is 4.74 Å². The molecule has 7 heteroatoms. The molecule has 0 bridgehead atoms.